The summed E-state index contributed by atoms with van der Waals surface area (Å²) in [5.41, 5.74) is 0.849. The fraction of sp³-hybridized carbons (Fsp3) is 0.588. The number of hydrogen-bond acceptors (Lipinski definition) is 2. The lowest BCUT2D eigenvalue weighted by atomic mass is 9.96. The molecule has 21 heavy (non-hydrogen) atoms. The van der Waals surface area contributed by atoms with Crippen LogP contribution in [-0.4, -0.2) is 16.8 Å². The second-order valence-electron chi connectivity index (χ2n) is 6.67. The average Bonchev–Trinajstić information content (AvgIpc) is 2.40. The van der Waals surface area contributed by atoms with Crippen LogP contribution in [0.2, 0.25) is 0 Å². The number of urea groups is 1. The predicted molar refractivity (Wildman–Crippen MR) is 91.1 cm³/mol. The van der Waals surface area contributed by atoms with Crippen molar-refractivity contribution in [1.29, 1.82) is 0 Å². The van der Waals surface area contributed by atoms with E-state index in [2.05, 4.69) is 43.5 Å². The first-order chi connectivity index (χ1) is 9.92. The van der Waals surface area contributed by atoms with E-state index in [0.29, 0.717) is 6.04 Å². The summed E-state index contributed by atoms with van der Waals surface area (Å²) in [7, 11) is 0. The SMILES string of the molecule is CC(C)(C)Sc1ccc(NC(=O)NC2CCCCC2)cc1. The molecule has 4 heteroatoms. The molecule has 1 aliphatic carbocycles. The van der Waals surface area contributed by atoms with E-state index in [-0.39, 0.29) is 10.8 Å². The van der Waals surface area contributed by atoms with E-state index in [9.17, 15) is 4.79 Å². The van der Waals surface area contributed by atoms with Gasteiger partial charge in [0.2, 0.25) is 0 Å². The maximum absolute atomic E-state index is 12.0. The van der Waals surface area contributed by atoms with Crippen LogP contribution in [0.15, 0.2) is 29.2 Å². The Morgan fingerprint density at radius 2 is 1.71 bits per heavy atom. The van der Waals surface area contributed by atoms with E-state index in [1.165, 1.54) is 24.2 Å². The van der Waals surface area contributed by atoms with Gasteiger partial charge in [-0.05, 0) is 37.1 Å². The molecule has 1 aliphatic rings. The normalized spacial score (nSPS) is 16.5. The third-order valence-corrected chi connectivity index (χ3v) is 4.60. The van der Waals surface area contributed by atoms with E-state index in [4.69, 9.17) is 0 Å². The van der Waals surface area contributed by atoms with E-state index < -0.39 is 0 Å². The van der Waals surface area contributed by atoms with Crippen LogP contribution in [0.3, 0.4) is 0 Å². The zero-order valence-electron chi connectivity index (χ0n) is 13.2. The molecule has 2 rings (SSSR count). The van der Waals surface area contributed by atoms with Crippen molar-refractivity contribution >= 4 is 23.5 Å². The fourth-order valence-electron chi connectivity index (χ4n) is 2.56. The van der Waals surface area contributed by atoms with Gasteiger partial charge in [0.25, 0.3) is 0 Å². The van der Waals surface area contributed by atoms with Crippen molar-refractivity contribution in [2.75, 3.05) is 5.32 Å². The molecule has 0 aromatic heterocycles. The number of carbonyl (C=O) groups is 1. The van der Waals surface area contributed by atoms with Gasteiger partial charge in [0.15, 0.2) is 0 Å². The van der Waals surface area contributed by atoms with Gasteiger partial charge in [0.05, 0.1) is 0 Å². The van der Waals surface area contributed by atoms with Crippen LogP contribution in [0.25, 0.3) is 0 Å². The maximum atomic E-state index is 12.0. The van der Waals surface area contributed by atoms with Crippen LogP contribution < -0.4 is 10.6 Å². The number of rotatable bonds is 3. The minimum atomic E-state index is -0.0851. The molecule has 0 radical (unpaired) electrons. The fourth-order valence-corrected chi connectivity index (χ4v) is 3.54. The largest absolute Gasteiger partial charge is 0.335 e. The second-order valence-corrected chi connectivity index (χ2v) is 8.57. The Bertz CT molecular complexity index is 459. The molecule has 0 saturated heterocycles. The molecule has 0 bridgehead atoms. The van der Waals surface area contributed by atoms with Crippen molar-refractivity contribution in [2.24, 2.45) is 0 Å². The summed E-state index contributed by atoms with van der Waals surface area (Å²) in [6, 6.07) is 8.31. The molecule has 1 fully saturated rings. The van der Waals surface area contributed by atoms with Gasteiger partial charge in [-0.3, -0.25) is 0 Å². The molecule has 1 aromatic carbocycles. The maximum Gasteiger partial charge on any atom is 0.319 e. The zero-order valence-corrected chi connectivity index (χ0v) is 14.1. The summed E-state index contributed by atoms with van der Waals surface area (Å²) in [6.45, 7) is 6.59. The number of amides is 2. The Hall–Kier alpha value is -1.16. The van der Waals surface area contributed by atoms with Crippen molar-refractivity contribution < 1.29 is 4.79 Å². The van der Waals surface area contributed by atoms with Crippen molar-refractivity contribution in [3.63, 3.8) is 0 Å². The second kappa shape index (κ2) is 7.21. The van der Waals surface area contributed by atoms with Crippen LogP contribution in [0.1, 0.15) is 52.9 Å². The van der Waals surface area contributed by atoms with Gasteiger partial charge in [0, 0.05) is 21.4 Å². The van der Waals surface area contributed by atoms with Crippen LogP contribution in [0.5, 0.6) is 0 Å². The Kier molecular flexibility index (Phi) is 5.57. The van der Waals surface area contributed by atoms with Crippen LogP contribution in [0.4, 0.5) is 10.5 Å². The zero-order chi connectivity index (χ0) is 15.3. The van der Waals surface area contributed by atoms with Crippen LogP contribution in [-0.2, 0) is 0 Å². The minimum Gasteiger partial charge on any atom is -0.335 e. The third-order valence-electron chi connectivity index (χ3n) is 3.48. The highest BCUT2D eigenvalue weighted by atomic mass is 32.2. The van der Waals surface area contributed by atoms with Gasteiger partial charge in [-0.2, -0.15) is 0 Å². The van der Waals surface area contributed by atoms with Gasteiger partial charge in [-0.25, -0.2) is 4.79 Å². The highest BCUT2D eigenvalue weighted by molar-refractivity contribution is 8.00. The smallest absolute Gasteiger partial charge is 0.319 e. The van der Waals surface area contributed by atoms with E-state index in [1.54, 1.807) is 0 Å². The van der Waals surface area contributed by atoms with Gasteiger partial charge >= 0.3 is 6.03 Å². The first-order valence-corrected chi connectivity index (χ1v) is 8.61. The van der Waals surface area contributed by atoms with Gasteiger partial charge in [0.1, 0.15) is 0 Å². The Morgan fingerprint density at radius 3 is 2.29 bits per heavy atom. The molecular weight excluding hydrogens is 280 g/mol. The summed E-state index contributed by atoms with van der Waals surface area (Å²) in [4.78, 5) is 13.2. The number of thioether (sulfide) groups is 1. The number of nitrogens with one attached hydrogen (secondary N) is 2. The van der Waals surface area contributed by atoms with E-state index in [0.717, 1.165) is 18.5 Å². The van der Waals surface area contributed by atoms with Crippen LogP contribution in [0, 0.1) is 0 Å². The molecule has 0 heterocycles. The standard InChI is InChI=1S/C17H26N2OS/c1-17(2,3)21-15-11-9-14(10-12-15)19-16(20)18-13-7-5-4-6-8-13/h9-13H,4-8H2,1-3H3,(H2,18,19,20). The molecular formula is C17H26N2OS. The topological polar surface area (TPSA) is 41.1 Å². The quantitative estimate of drug-likeness (QED) is 0.769. The average molecular weight is 306 g/mol. The summed E-state index contributed by atoms with van der Waals surface area (Å²) in [6.07, 6.45) is 5.96. The van der Waals surface area contributed by atoms with Crippen molar-refractivity contribution in [3.05, 3.63) is 24.3 Å². The highest BCUT2D eigenvalue weighted by Crippen LogP contribution is 2.32. The van der Waals surface area contributed by atoms with Gasteiger partial charge in [-0.1, -0.05) is 40.0 Å². The summed E-state index contributed by atoms with van der Waals surface area (Å²) < 4.78 is 0.202. The molecule has 0 aliphatic heterocycles. The Morgan fingerprint density at radius 1 is 1.10 bits per heavy atom. The molecule has 1 aromatic rings. The Balaban J connectivity index is 1.83. The van der Waals surface area contributed by atoms with Crippen LogP contribution >= 0.6 is 11.8 Å². The summed E-state index contributed by atoms with van der Waals surface area (Å²) >= 11 is 1.83. The van der Waals surface area contributed by atoms with Gasteiger partial charge in [-0.15, -0.1) is 11.8 Å². The van der Waals surface area contributed by atoms with Gasteiger partial charge < -0.3 is 10.6 Å². The van der Waals surface area contributed by atoms with Crippen molar-refractivity contribution in [1.82, 2.24) is 5.32 Å². The summed E-state index contributed by atoms with van der Waals surface area (Å²) in [5.74, 6) is 0. The predicted octanol–water partition coefficient (Wildman–Crippen LogP) is 5.03. The molecule has 1 saturated carbocycles. The molecule has 0 unspecified atom stereocenters. The lowest BCUT2D eigenvalue weighted by Crippen LogP contribution is -2.38. The molecule has 3 nitrogen and oxygen atoms in total. The molecule has 2 N–H and O–H groups in total. The lowest BCUT2D eigenvalue weighted by molar-refractivity contribution is 0.244. The molecule has 0 atom stereocenters. The van der Waals surface area contributed by atoms with E-state index in [1.807, 2.05) is 23.9 Å². The first-order valence-electron chi connectivity index (χ1n) is 7.79. The molecule has 0 spiro atoms. The molecule has 2 amide bonds. The van der Waals surface area contributed by atoms with Crippen molar-refractivity contribution in [3.8, 4) is 0 Å². The number of benzene rings is 1. The monoisotopic (exact) mass is 306 g/mol. The van der Waals surface area contributed by atoms with E-state index >= 15 is 0 Å². The number of hydrogen-bond donors (Lipinski definition) is 2. The minimum absolute atomic E-state index is 0.0851. The third kappa shape index (κ3) is 6.00. The first kappa shape index (κ1) is 16.2. The Labute approximate surface area is 132 Å². The highest BCUT2D eigenvalue weighted by Gasteiger charge is 2.16. The number of carbonyl (C=O) groups excluding carboxylic acids is 1. The lowest BCUT2D eigenvalue weighted by Gasteiger charge is -2.23. The van der Waals surface area contributed by atoms with Crippen molar-refractivity contribution in [2.45, 2.75) is 68.6 Å². The number of anilines is 1. The molecule has 116 valence electrons. The summed E-state index contributed by atoms with van der Waals surface area (Å²) in [5, 5.41) is 5.98.